The number of nitrogens with zero attached hydrogens (tertiary/aromatic N) is 4. The van der Waals surface area contributed by atoms with Gasteiger partial charge in [0.2, 0.25) is 0 Å². The Labute approximate surface area is 135 Å². The fourth-order valence-corrected chi connectivity index (χ4v) is 3.46. The van der Waals surface area contributed by atoms with Crippen molar-refractivity contribution in [1.29, 1.82) is 0 Å². The summed E-state index contributed by atoms with van der Waals surface area (Å²) in [6.07, 6.45) is 6.04. The highest BCUT2D eigenvalue weighted by Crippen LogP contribution is 2.20. The van der Waals surface area contributed by atoms with Gasteiger partial charge in [-0.1, -0.05) is 0 Å². The molecule has 6 heteroatoms. The lowest BCUT2D eigenvalue weighted by Crippen LogP contribution is -2.35. The van der Waals surface area contributed by atoms with Gasteiger partial charge in [-0.2, -0.15) is 0 Å². The number of likely N-dealkylation sites (tertiary alicyclic amines) is 1. The maximum atomic E-state index is 4.56. The molecule has 0 atom stereocenters. The van der Waals surface area contributed by atoms with E-state index >= 15 is 0 Å². The molecule has 0 radical (unpaired) electrons. The maximum absolute atomic E-state index is 4.56. The fourth-order valence-electron chi connectivity index (χ4n) is 2.86. The summed E-state index contributed by atoms with van der Waals surface area (Å²) < 4.78 is 0. The zero-order valence-electron chi connectivity index (χ0n) is 13.2. The number of thiazole rings is 1. The Kier molecular flexibility index (Phi) is 5.00. The number of nitrogens with one attached hydrogen (secondary N) is 1. The molecule has 22 heavy (non-hydrogen) atoms. The Morgan fingerprint density at radius 2 is 2.05 bits per heavy atom. The predicted molar refractivity (Wildman–Crippen MR) is 90.1 cm³/mol. The van der Waals surface area contributed by atoms with Gasteiger partial charge >= 0.3 is 0 Å². The van der Waals surface area contributed by atoms with Crippen LogP contribution in [0.4, 0.5) is 5.82 Å². The summed E-state index contributed by atoms with van der Waals surface area (Å²) >= 11 is 1.74. The van der Waals surface area contributed by atoms with Gasteiger partial charge in [0.15, 0.2) is 0 Å². The van der Waals surface area contributed by atoms with E-state index in [0.29, 0.717) is 0 Å². The standard InChI is InChI=1S/C16H23N5S/c1-12-7-17-9-16(19-12)18-8-14-3-5-21(6-4-14)10-15-11-22-13(2)20-15/h7,9,11,14H,3-6,8,10H2,1-2H3,(H,18,19). The van der Waals surface area contributed by atoms with Crippen LogP contribution in [0.25, 0.3) is 0 Å². The third kappa shape index (κ3) is 4.24. The van der Waals surface area contributed by atoms with Crippen LogP contribution in [0, 0.1) is 19.8 Å². The van der Waals surface area contributed by atoms with Crippen molar-refractivity contribution in [2.75, 3.05) is 25.0 Å². The van der Waals surface area contributed by atoms with Crippen molar-refractivity contribution in [2.24, 2.45) is 5.92 Å². The van der Waals surface area contributed by atoms with Crippen LogP contribution in [0.5, 0.6) is 0 Å². The van der Waals surface area contributed by atoms with Gasteiger partial charge in [-0.25, -0.2) is 9.97 Å². The lowest BCUT2D eigenvalue weighted by molar-refractivity contribution is 0.181. The lowest BCUT2D eigenvalue weighted by Gasteiger charge is -2.31. The summed E-state index contributed by atoms with van der Waals surface area (Å²) in [5, 5.41) is 6.76. The zero-order chi connectivity index (χ0) is 15.4. The molecule has 5 nitrogen and oxygen atoms in total. The summed E-state index contributed by atoms with van der Waals surface area (Å²) in [6, 6.07) is 0. The van der Waals surface area contributed by atoms with Crippen molar-refractivity contribution >= 4 is 17.2 Å². The summed E-state index contributed by atoms with van der Waals surface area (Å²) in [5.41, 5.74) is 2.17. The van der Waals surface area contributed by atoms with Gasteiger partial charge in [-0.3, -0.25) is 9.88 Å². The van der Waals surface area contributed by atoms with E-state index in [-0.39, 0.29) is 0 Å². The van der Waals surface area contributed by atoms with Gasteiger partial charge in [-0.15, -0.1) is 11.3 Å². The van der Waals surface area contributed by atoms with Crippen molar-refractivity contribution in [1.82, 2.24) is 19.9 Å². The van der Waals surface area contributed by atoms with Gasteiger partial charge in [0.1, 0.15) is 5.82 Å². The molecule has 0 unspecified atom stereocenters. The van der Waals surface area contributed by atoms with Crippen LogP contribution < -0.4 is 5.32 Å². The zero-order valence-corrected chi connectivity index (χ0v) is 14.1. The Morgan fingerprint density at radius 3 is 2.73 bits per heavy atom. The average molecular weight is 317 g/mol. The van der Waals surface area contributed by atoms with Crippen molar-refractivity contribution in [3.8, 4) is 0 Å². The van der Waals surface area contributed by atoms with Crippen molar-refractivity contribution < 1.29 is 0 Å². The summed E-state index contributed by atoms with van der Waals surface area (Å²) in [4.78, 5) is 15.7. The molecule has 0 saturated carbocycles. The number of anilines is 1. The number of hydrogen-bond acceptors (Lipinski definition) is 6. The summed E-state index contributed by atoms with van der Waals surface area (Å²) in [5.74, 6) is 1.61. The minimum Gasteiger partial charge on any atom is -0.369 e. The van der Waals surface area contributed by atoms with Crippen LogP contribution in [-0.4, -0.2) is 39.5 Å². The highest BCUT2D eigenvalue weighted by atomic mass is 32.1. The largest absolute Gasteiger partial charge is 0.369 e. The molecular weight excluding hydrogens is 294 g/mol. The molecule has 0 aliphatic carbocycles. The van der Waals surface area contributed by atoms with Crippen LogP contribution in [0.3, 0.4) is 0 Å². The third-order valence-electron chi connectivity index (χ3n) is 4.09. The van der Waals surface area contributed by atoms with Gasteiger partial charge < -0.3 is 5.32 Å². The molecular formula is C16H23N5S. The van der Waals surface area contributed by atoms with Crippen LogP contribution in [0.15, 0.2) is 17.8 Å². The highest BCUT2D eigenvalue weighted by Gasteiger charge is 2.19. The minimum absolute atomic E-state index is 0.718. The minimum atomic E-state index is 0.718. The molecule has 1 aliphatic rings. The predicted octanol–water partition coefficient (Wildman–Crippen LogP) is 2.87. The maximum Gasteiger partial charge on any atom is 0.144 e. The molecule has 2 aromatic heterocycles. The Balaban J connectivity index is 1.42. The smallest absolute Gasteiger partial charge is 0.144 e. The second-order valence-corrected chi connectivity index (χ2v) is 7.07. The topological polar surface area (TPSA) is 53.9 Å². The molecule has 0 bridgehead atoms. The molecule has 2 aromatic rings. The van der Waals surface area contributed by atoms with Crippen LogP contribution in [-0.2, 0) is 6.54 Å². The van der Waals surface area contributed by atoms with Crippen molar-refractivity contribution in [2.45, 2.75) is 33.2 Å². The number of piperidine rings is 1. The first-order valence-electron chi connectivity index (χ1n) is 7.85. The van der Waals surface area contributed by atoms with Gasteiger partial charge in [0.05, 0.1) is 22.6 Å². The number of rotatable bonds is 5. The van der Waals surface area contributed by atoms with Crippen LogP contribution in [0.2, 0.25) is 0 Å². The summed E-state index contributed by atoms with van der Waals surface area (Å²) in [7, 11) is 0. The van der Waals surface area contributed by atoms with Gasteiger partial charge in [0, 0.05) is 24.7 Å². The van der Waals surface area contributed by atoms with Gasteiger partial charge in [0.25, 0.3) is 0 Å². The van der Waals surface area contributed by atoms with E-state index in [4.69, 9.17) is 0 Å². The molecule has 1 aliphatic heterocycles. The molecule has 3 heterocycles. The molecule has 1 saturated heterocycles. The Morgan fingerprint density at radius 1 is 1.23 bits per heavy atom. The normalized spacial score (nSPS) is 16.8. The monoisotopic (exact) mass is 317 g/mol. The first-order chi connectivity index (χ1) is 10.7. The first-order valence-corrected chi connectivity index (χ1v) is 8.73. The van der Waals surface area contributed by atoms with E-state index < -0.39 is 0 Å². The number of aryl methyl sites for hydroxylation is 2. The number of aromatic nitrogens is 3. The second kappa shape index (κ2) is 7.15. The summed E-state index contributed by atoms with van der Waals surface area (Å²) in [6.45, 7) is 8.33. The fraction of sp³-hybridized carbons (Fsp3) is 0.562. The van der Waals surface area contributed by atoms with Crippen LogP contribution >= 0.6 is 11.3 Å². The Hall–Kier alpha value is -1.53. The van der Waals surface area contributed by atoms with E-state index in [2.05, 4.69) is 37.5 Å². The van der Waals surface area contributed by atoms with Crippen LogP contribution in [0.1, 0.15) is 29.2 Å². The molecule has 118 valence electrons. The van der Waals surface area contributed by atoms with Crippen molar-refractivity contribution in [3.05, 3.63) is 34.2 Å². The van der Waals surface area contributed by atoms with Crippen molar-refractivity contribution in [3.63, 3.8) is 0 Å². The SMILES string of the molecule is Cc1cncc(NCC2CCN(Cc3csc(C)n3)CC2)n1. The highest BCUT2D eigenvalue weighted by molar-refractivity contribution is 7.09. The van der Waals surface area contributed by atoms with Gasteiger partial charge in [-0.05, 0) is 45.7 Å². The molecule has 1 N–H and O–H groups in total. The molecule has 1 fully saturated rings. The third-order valence-corrected chi connectivity index (χ3v) is 4.91. The number of hydrogen-bond donors (Lipinski definition) is 1. The first kappa shape index (κ1) is 15.4. The quantitative estimate of drug-likeness (QED) is 0.919. The molecule has 0 aromatic carbocycles. The molecule has 0 spiro atoms. The van der Waals surface area contributed by atoms with E-state index in [1.807, 2.05) is 6.92 Å². The van der Waals surface area contributed by atoms with E-state index in [0.717, 1.165) is 48.6 Å². The Bertz CT molecular complexity index is 604. The van der Waals surface area contributed by atoms with E-state index in [1.165, 1.54) is 18.5 Å². The van der Waals surface area contributed by atoms with E-state index in [9.17, 15) is 0 Å². The molecule has 3 rings (SSSR count). The molecule has 0 amide bonds. The lowest BCUT2D eigenvalue weighted by atomic mass is 9.97. The average Bonchev–Trinajstić information content (AvgIpc) is 2.92. The second-order valence-electron chi connectivity index (χ2n) is 6.00. The van der Waals surface area contributed by atoms with E-state index in [1.54, 1.807) is 23.7 Å².